The van der Waals surface area contributed by atoms with Crippen LogP contribution in [-0.2, 0) is 9.59 Å². The van der Waals surface area contributed by atoms with Crippen LogP contribution in [-0.4, -0.2) is 25.5 Å². The van der Waals surface area contributed by atoms with Gasteiger partial charge in [0.2, 0.25) is 11.8 Å². The highest BCUT2D eigenvalue weighted by Gasteiger charge is 2.14. The number of halogens is 2. The highest BCUT2D eigenvalue weighted by molar-refractivity contribution is 6.35. The maximum absolute atomic E-state index is 12.2. The molecule has 1 N–H and O–H groups in total. The molecule has 2 amide bonds. The Labute approximate surface area is 156 Å². The Bertz CT molecular complexity index is 760. The summed E-state index contributed by atoms with van der Waals surface area (Å²) in [6.07, 6.45) is 0.126. The molecule has 0 atom stereocenters. The molecule has 5 nitrogen and oxygen atoms in total. The highest BCUT2D eigenvalue weighted by atomic mass is 35.5. The molecule has 2 rings (SSSR count). The van der Waals surface area contributed by atoms with Crippen LogP contribution in [0.2, 0.25) is 10.0 Å². The molecule has 0 saturated carbocycles. The molecule has 0 aliphatic heterocycles. The zero-order chi connectivity index (χ0) is 18.4. The molecule has 2 aromatic rings. The molecular weight excluding hydrogens is 363 g/mol. The number of amides is 2. The molecule has 0 aliphatic carbocycles. The second-order valence-electron chi connectivity index (χ2n) is 5.33. The van der Waals surface area contributed by atoms with Crippen molar-refractivity contribution in [1.82, 2.24) is 0 Å². The van der Waals surface area contributed by atoms with Gasteiger partial charge in [0.15, 0.2) is 0 Å². The summed E-state index contributed by atoms with van der Waals surface area (Å²) in [5.41, 5.74) is 1.18. The van der Waals surface area contributed by atoms with Gasteiger partial charge in [-0.05, 0) is 30.3 Å². The van der Waals surface area contributed by atoms with E-state index in [0.29, 0.717) is 27.2 Å². The summed E-state index contributed by atoms with van der Waals surface area (Å²) in [6, 6.07) is 11.9. The van der Waals surface area contributed by atoms with Crippen molar-refractivity contribution in [2.75, 3.05) is 23.9 Å². The minimum Gasteiger partial charge on any atom is -0.497 e. The quantitative estimate of drug-likeness (QED) is 0.808. The van der Waals surface area contributed by atoms with Crippen LogP contribution in [0.15, 0.2) is 42.5 Å². The van der Waals surface area contributed by atoms with Crippen molar-refractivity contribution in [1.29, 1.82) is 0 Å². The van der Waals surface area contributed by atoms with Gasteiger partial charge in [0.1, 0.15) is 5.75 Å². The topological polar surface area (TPSA) is 58.6 Å². The van der Waals surface area contributed by atoms with Crippen molar-refractivity contribution >= 4 is 46.4 Å². The van der Waals surface area contributed by atoms with E-state index in [1.807, 2.05) is 0 Å². The summed E-state index contributed by atoms with van der Waals surface area (Å²) < 4.78 is 5.17. The lowest BCUT2D eigenvalue weighted by Crippen LogP contribution is -2.31. The van der Waals surface area contributed by atoms with E-state index in [9.17, 15) is 9.59 Å². The number of hydrogen-bond acceptors (Lipinski definition) is 3. The fourth-order valence-electron chi connectivity index (χ4n) is 2.31. The zero-order valence-electron chi connectivity index (χ0n) is 13.9. The number of ether oxygens (including phenoxy) is 1. The maximum atomic E-state index is 12.2. The smallest absolute Gasteiger partial charge is 0.226 e. The van der Waals surface area contributed by atoms with E-state index in [1.54, 1.807) is 49.6 Å². The van der Waals surface area contributed by atoms with Gasteiger partial charge in [-0.3, -0.25) is 9.59 Å². The Morgan fingerprint density at radius 3 is 2.40 bits per heavy atom. The molecule has 2 aromatic carbocycles. The van der Waals surface area contributed by atoms with Crippen molar-refractivity contribution in [3.8, 4) is 5.75 Å². The monoisotopic (exact) mass is 380 g/mol. The summed E-state index contributed by atoms with van der Waals surface area (Å²) in [7, 11) is 1.56. The third-order valence-electron chi connectivity index (χ3n) is 3.45. The third-order valence-corrected chi connectivity index (χ3v) is 3.89. The van der Waals surface area contributed by atoms with E-state index in [1.165, 1.54) is 11.8 Å². The van der Waals surface area contributed by atoms with Crippen LogP contribution in [0.4, 0.5) is 11.4 Å². The summed E-state index contributed by atoms with van der Waals surface area (Å²) in [4.78, 5) is 25.6. The standard InChI is InChI=1S/C18H18Cl2N2O3/c1-12(23)22(16-4-3-5-17(11-16)25-2)7-6-18(24)21-15-9-13(19)8-14(20)10-15/h3-5,8-11H,6-7H2,1-2H3,(H,21,24). The molecule has 0 unspecified atom stereocenters. The van der Waals surface area contributed by atoms with Gasteiger partial charge in [-0.2, -0.15) is 0 Å². The number of methoxy groups -OCH3 is 1. The number of nitrogens with zero attached hydrogens (tertiary/aromatic N) is 1. The second kappa shape index (κ2) is 8.74. The molecule has 0 bridgehead atoms. The van der Waals surface area contributed by atoms with Crippen LogP contribution in [0.5, 0.6) is 5.75 Å². The predicted octanol–water partition coefficient (Wildman–Crippen LogP) is 4.38. The maximum Gasteiger partial charge on any atom is 0.226 e. The summed E-state index contributed by atoms with van der Waals surface area (Å²) in [5.74, 6) is 0.237. The molecule has 0 spiro atoms. The van der Waals surface area contributed by atoms with Crippen molar-refractivity contribution in [3.63, 3.8) is 0 Å². The van der Waals surface area contributed by atoms with Gasteiger partial charge in [-0.25, -0.2) is 0 Å². The van der Waals surface area contributed by atoms with Crippen molar-refractivity contribution < 1.29 is 14.3 Å². The second-order valence-corrected chi connectivity index (χ2v) is 6.20. The van der Waals surface area contributed by atoms with E-state index in [0.717, 1.165) is 0 Å². The average molecular weight is 381 g/mol. The van der Waals surface area contributed by atoms with Crippen LogP contribution in [0.3, 0.4) is 0 Å². The molecule has 0 radical (unpaired) electrons. The van der Waals surface area contributed by atoms with Crippen molar-refractivity contribution in [2.24, 2.45) is 0 Å². The highest BCUT2D eigenvalue weighted by Crippen LogP contribution is 2.23. The lowest BCUT2D eigenvalue weighted by atomic mass is 10.2. The van der Waals surface area contributed by atoms with Gasteiger partial charge in [0.25, 0.3) is 0 Å². The van der Waals surface area contributed by atoms with E-state index >= 15 is 0 Å². The van der Waals surface area contributed by atoms with Gasteiger partial charge < -0.3 is 15.0 Å². The van der Waals surface area contributed by atoms with Crippen molar-refractivity contribution in [3.05, 3.63) is 52.5 Å². The fraction of sp³-hybridized carbons (Fsp3) is 0.222. The molecule has 132 valence electrons. The SMILES string of the molecule is COc1cccc(N(CCC(=O)Nc2cc(Cl)cc(Cl)c2)C(C)=O)c1. The first kappa shape index (κ1) is 19.1. The lowest BCUT2D eigenvalue weighted by Gasteiger charge is -2.21. The Balaban J connectivity index is 2.03. The van der Waals surface area contributed by atoms with Crippen LogP contribution in [0.1, 0.15) is 13.3 Å². The predicted molar refractivity (Wildman–Crippen MR) is 101 cm³/mol. The van der Waals surface area contributed by atoms with Gasteiger partial charge in [0.05, 0.1) is 7.11 Å². The van der Waals surface area contributed by atoms with Crippen LogP contribution < -0.4 is 15.0 Å². The van der Waals surface area contributed by atoms with Crippen LogP contribution in [0, 0.1) is 0 Å². The number of benzene rings is 2. The molecule has 0 aliphatic rings. The van der Waals surface area contributed by atoms with E-state index in [4.69, 9.17) is 27.9 Å². The summed E-state index contributed by atoms with van der Waals surface area (Å²) in [5, 5.41) is 3.59. The first-order valence-corrected chi connectivity index (χ1v) is 8.32. The number of rotatable bonds is 6. The van der Waals surface area contributed by atoms with Gasteiger partial charge >= 0.3 is 0 Å². The summed E-state index contributed by atoms with van der Waals surface area (Å²) in [6.45, 7) is 1.69. The first-order valence-electron chi connectivity index (χ1n) is 7.57. The normalized spacial score (nSPS) is 10.2. The average Bonchev–Trinajstić information content (AvgIpc) is 2.54. The number of anilines is 2. The molecule has 0 fully saturated rings. The van der Waals surface area contributed by atoms with Crippen molar-refractivity contribution in [2.45, 2.75) is 13.3 Å². The lowest BCUT2D eigenvalue weighted by molar-refractivity contribution is -0.117. The fourth-order valence-corrected chi connectivity index (χ4v) is 2.84. The number of carbonyl (C=O) groups is 2. The molecule has 25 heavy (non-hydrogen) atoms. The van der Waals surface area contributed by atoms with E-state index < -0.39 is 0 Å². The largest absolute Gasteiger partial charge is 0.497 e. The molecule has 0 heterocycles. The zero-order valence-corrected chi connectivity index (χ0v) is 15.4. The number of carbonyl (C=O) groups excluding carboxylic acids is 2. The Hall–Kier alpha value is -2.24. The molecule has 0 saturated heterocycles. The third kappa shape index (κ3) is 5.66. The first-order chi connectivity index (χ1) is 11.9. The van der Waals surface area contributed by atoms with Crippen LogP contribution >= 0.6 is 23.2 Å². The van der Waals surface area contributed by atoms with E-state index in [2.05, 4.69) is 5.32 Å². The Kier molecular flexibility index (Phi) is 6.67. The minimum absolute atomic E-state index is 0.126. The molecule has 0 aromatic heterocycles. The number of hydrogen-bond donors (Lipinski definition) is 1. The van der Waals surface area contributed by atoms with E-state index in [-0.39, 0.29) is 24.8 Å². The Morgan fingerprint density at radius 2 is 1.80 bits per heavy atom. The Morgan fingerprint density at radius 1 is 1.12 bits per heavy atom. The van der Waals surface area contributed by atoms with Gasteiger partial charge in [-0.15, -0.1) is 0 Å². The molecule has 7 heteroatoms. The van der Waals surface area contributed by atoms with Crippen LogP contribution in [0.25, 0.3) is 0 Å². The summed E-state index contributed by atoms with van der Waals surface area (Å²) >= 11 is 11.8. The number of nitrogens with one attached hydrogen (secondary N) is 1. The minimum atomic E-state index is -0.243. The van der Waals surface area contributed by atoms with Gasteiger partial charge in [-0.1, -0.05) is 29.3 Å². The van der Waals surface area contributed by atoms with Gasteiger partial charge in [0, 0.05) is 47.4 Å². The molecular formula is C18H18Cl2N2O3.